The lowest BCUT2D eigenvalue weighted by Gasteiger charge is -2.05. The number of ether oxygens (including phenoxy) is 1. The van der Waals surface area contributed by atoms with Crippen molar-refractivity contribution in [3.8, 4) is 17.6 Å². The number of hydrazone groups is 1. The van der Waals surface area contributed by atoms with Crippen molar-refractivity contribution in [2.24, 2.45) is 5.10 Å². The van der Waals surface area contributed by atoms with Gasteiger partial charge in [0.05, 0.1) is 23.4 Å². The number of rotatable bonds is 5. The Labute approximate surface area is 155 Å². The maximum atomic E-state index is 13.8. The number of benzene rings is 3. The molecule has 3 aromatic rings. The third-order valence-electron chi connectivity index (χ3n) is 3.58. The van der Waals surface area contributed by atoms with Crippen LogP contribution in [0.5, 0.6) is 11.5 Å². The topological polar surface area (TPSA) is 74.5 Å². The fourth-order valence-corrected chi connectivity index (χ4v) is 2.24. The van der Waals surface area contributed by atoms with Gasteiger partial charge < -0.3 is 4.74 Å². The molecule has 0 saturated heterocycles. The second kappa shape index (κ2) is 8.41. The first-order chi connectivity index (χ1) is 13.2. The van der Waals surface area contributed by atoms with Crippen molar-refractivity contribution in [1.29, 1.82) is 5.26 Å². The predicted molar refractivity (Wildman–Crippen MR) is 99.1 cm³/mol. The van der Waals surface area contributed by atoms with E-state index in [0.29, 0.717) is 5.75 Å². The molecule has 0 saturated carbocycles. The molecule has 0 fully saturated rings. The van der Waals surface area contributed by atoms with Crippen LogP contribution in [-0.2, 0) is 0 Å². The number of halogens is 1. The number of carbonyl (C=O) groups excluding carboxylic acids is 1. The number of nitriles is 1. The van der Waals surface area contributed by atoms with Gasteiger partial charge in [-0.1, -0.05) is 18.2 Å². The first-order valence-corrected chi connectivity index (χ1v) is 8.02. The standard InChI is InChI=1S/C21H14FN3O2/c22-20-12-16(13-23)8-11-19(20)21(26)25-24-14-15-6-9-18(10-7-15)27-17-4-2-1-3-5-17/h1-12,14H,(H,25,26)/b24-14-. The van der Waals surface area contributed by atoms with Gasteiger partial charge >= 0.3 is 0 Å². The Balaban J connectivity index is 1.59. The quantitative estimate of drug-likeness (QED) is 0.546. The van der Waals surface area contributed by atoms with E-state index in [4.69, 9.17) is 10.00 Å². The van der Waals surface area contributed by atoms with E-state index < -0.39 is 11.7 Å². The Morgan fingerprint density at radius 3 is 2.41 bits per heavy atom. The summed E-state index contributed by atoms with van der Waals surface area (Å²) in [6, 6.07) is 21.9. The monoisotopic (exact) mass is 359 g/mol. The van der Waals surface area contributed by atoms with Crippen LogP contribution in [0.15, 0.2) is 77.9 Å². The molecule has 0 aliphatic carbocycles. The Morgan fingerprint density at radius 1 is 1.04 bits per heavy atom. The van der Waals surface area contributed by atoms with Crippen molar-refractivity contribution < 1.29 is 13.9 Å². The van der Waals surface area contributed by atoms with Crippen LogP contribution in [0.25, 0.3) is 0 Å². The fourth-order valence-electron chi connectivity index (χ4n) is 2.24. The third kappa shape index (κ3) is 4.77. The molecular weight excluding hydrogens is 345 g/mol. The Morgan fingerprint density at radius 2 is 1.74 bits per heavy atom. The molecule has 3 rings (SSSR count). The maximum Gasteiger partial charge on any atom is 0.274 e. The molecule has 1 N–H and O–H groups in total. The Hall–Kier alpha value is -3.98. The molecule has 0 spiro atoms. The maximum absolute atomic E-state index is 13.8. The van der Waals surface area contributed by atoms with Crippen LogP contribution in [0, 0.1) is 17.1 Å². The van der Waals surface area contributed by atoms with Gasteiger partial charge in [0.25, 0.3) is 5.91 Å². The molecule has 5 nitrogen and oxygen atoms in total. The zero-order valence-electron chi connectivity index (χ0n) is 14.1. The summed E-state index contributed by atoms with van der Waals surface area (Å²) in [6.07, 6.45) is 1.44. The molecule has 0 radical (unpaired) electrons. The zero-order valence-corrected chi connectivity index (χ0v) is 14.1. The minimum Gasteiger partial charge on any atom is -0.457 e. The van der Waals surface area contributed by atoms with Crippen molar-refractivity contribution in [1.82, 2.24) is 5.43 Å². The molecule has 0 aliphatic heterocycles. The fraction of sp³-hybridized carbons (Fsp3) is 0. The number of carbonyl (C=O) groups is 1. The SMILES string of the molecule is N#Cc1ccc(C(=O)N/N=C\c2ccc(Oc3ccccc3)cc2)c(F)c1. The summed E-state index contributed by atoms with van der Waals surface area (Å²) < 4.78 is 19.5. The number of hydrogen-bond donors (Lipinski definition) is 1. The van der Waals surface area contributed by atoms with Crippen LogP contribution >= 0.6 is 0 Å². The highest BCUT2D eigenvalue weighted by molar-refractivity contribution is 5.95. The summed E-state index contributed by atoms with van der Waals surface area (Å²) in [5, 5.41) is 12.5. The minimum atomic E-state index is -0.774. The number of amides is 1. The second-order valence-corrected chi connectivity index (χ2v) is 5.49. The Bertz CT molecular complexity index is 1010. The first-order valence-electron chi connectivity index (χ1n) is 8.02. The van der Waals surface area contributed by atoms with Crippen LogP contribution in [0.2, 0.25) is 0 Å². The molecule has 132 valence electrons. The van der Waals surface area contributed by atoms with E-state index in [0.717, 1.165) is 17.4 Å². The largest absolute Gasteiger partial charge is 0.457 e. The van der Waals surface area contributed by atoms with Gasteiger partial charge in [-0.15, -0.1) is 0 Å². The van der Waals surface area contributed by atoms with Gasteiger partial charge in [-0.25, -0.2) is 9.82 Å². The molecular formula is C21H14FN3O2. The average Bonchev–Trinajstić information content (AvgIpc) is 2.70. The molecule has 0 unspecified atom stereocenters. The number of para-hydroxylation sites is 1. The van der Waals surface area contributed by atoms with Gasteiger partial charge in [-0.2, -0.15) is 10.4 Å². The predicted octanol–water partition coefficient (Wildman–Crippen LogP) is 4.25. The number of nitrogens with zero attached hydrogens (tertiary/aromatic N) is 2. The van der Waals surface area contributed by atoms with Crippen LogP contribution in [0.4, 0.5) is 4.39 Å². The highest BCUT2D eigenvalue weighted by Crippen LogP contribution is 2.20. The normalized spacial score (nSPS) is 10.4. The van der Waals surface area contributed by atoms with Crippen molar-refractivity contribution >= 4 is 12.1 Å². The Kier molecular flexibility index (Phi) is 5.55. The van der Waals surface area contributed by atoms with Gasteiger partial charge in [-0.3, -0.25) is 4.79 Å². The van der Waals surface area contributed by atoms with Gasteiger partial charge in [0, 0.05) is 0 Å². The van der Waals surface area contributed by atoms with E-state index >= 15 is 0 Å². The molecule has 0 aromatic heterocycles. The van der Waals surface area contributed by atoms with E-state index in [2.05, 4.69) is 10.5 Å². The van der Waals surface area contributed by atoms with Crippen molar-refractivity contribution in [3.05, 3.63) is 95.3 Å². The second-order valence-electron chi connectivity index (χ2n) is 5.49. The molecule has 0 aliphatic rings. The first kappa shape index (κ1) is 17.8. The number of nitrogens with one attached hydrogen (secondary N) is 1. The lowest BCUT2D eigenvalue weighted by Crippen LogP contribution is -2.19. The average molecular weight is 359 g/mol. The van der Waals surface area contributed by atoms with Crippen molar-refractivity contribution in [3.63, 3.8) is 0 Å². The molecule has 1 amide bonds. The van der Waals surface area contributed by atoms with E-state index in [1.54, 1.807) is 30.3 Å². The summed E-state index contributed by atoms with van der Waals surface area (Å²) in [6.45, 7) is 0. The summed E-state index contributed by atoms with van der Waals surface area (Å²) in [7, 11) is 0. The summed E-state index contributed by atoms with van der Waals surface area (Å²) in [5.74, 6) is -0.0703. The van der Waals surface area contributed by atoms with Gasteiger partial charge in [-0.05, 0) is 60.2 Å². The smallest absolute Gasteiger partial charge is 0.274 e. The summed E-state index contributed by atoms with van der Waals surface area (Å²) in [4.78, 5) is 11.9. The summed E-state index contributed by atoms with van der Waals surface area (Å²) in [5.41, 5.74) is 2.95. The molecule has 3 aromatic carbocycles. The molecule has 0 bridgehead atoms. The lowest BCUT2D eigenvalue weighted by atomic mass is 10.1. The molecule has 0 heterocycles. The van der Waals surface area contributed by atoms with E-state index in [9.17, 15) is 9.18 Å². The molecule has 27 heavy (non-hydrogen) atoms. The van der Waals surface area contributed by atoms with E-state index in [1.807, 2.05) is 30.3 Å². The van der Waals surface area contributed by atoms with Crippen LogP contribution in [0.1, 0.15) is 21.5 Å². The van der Waals surface area contributed by atoms with Crippen LogP contribution < -0.4 is 10.2 Å². The number of hydrogen-bond acceptors (Lipinski definition) is 4. The highest BCUT2D eigenvalue weighted by atomic mass is 19.1. The van der Waals surface area contributed by atoms with Crippen molar-refractivity contribution in [2.75, 3.05) is 0 Å². The highest BCUT2D eigenvalue weighted by Gasteiger charge is 2.11. The van der Waals surface area contributed by atoms with Gasteiger partial charge in [0.2, 0.25) is 0 Å². The van der Waals surface area contributed by atoms with E-state index in [-0.39, 0.29) is 11.1 Å². The zero-order chi connectivity index (χ0) is 19.1. The van der Waals surface area contributed by atoms with E-state index in [1.165, 1.54) is 18.3 Å². The lowest BCUT2D eigenvalue weighted by molar-refractivity contribution is 0.0951. The van der Waals surface area contributed by atoms with Crippen molar-refractivity contribution in [2.45, 2.75) is 0 Å². The minimum absolute atomic E-state index is 0.144. The van der Waals surface area contributed by atoms with Crippen LogP contribution in [-0.4, -0.2) is 12.1 Å². The summed E-state index contributed by atoms with van der Waals surface area (Å²) >= 11 is 0. The van der Waals surface area contributed by atoms with Gasteiger partial charge in [0.15, 0.2) is 0 Å². The molecule has 6 heteroatoms. The van der Waals surface area contributed by atoms with Gasteiger partial charge in [0.1, 0.15) is 17.3 Å². The third-order valence-corrected chi connectivity index (χ3v) is 3.58. The van der Waals surface area contributed by atoms with Crippen LogP contribution in [0.3, 0.4) is 0 Å². The molecule has 0 atom stereocenters.